The van der Waals surface area contributed by atoms with Gasteiger partial charge in [-0.3, -0.25) is 9.69 Å². The van der Waals surface area contributed by atoms with Gasteiger partial charge in [0.15, 0.2) is 0 Å². The highest BCUT2D eigenvalue weighted by atomic mass is 79.9. The summed E-state index contributed by atoms with van der Waals surface area (Å²) in [5.74, 6) is -0.878. The van der Waals surface area contributed by atoms with Crippen molar-refractivity contribution < 1.29 is 9.18 Å². The monoisotopic (exact) mass is 456 g/mol. The number of aromatic amines is 1. The van der Waals surface area contributed by atoms with Crippen LogP contribution in [0.2, 0.25) is 5.02 Å². The number of hydrogen-bond acceptors (Lipinski definition) is 4. The van der Waals surface area contributed by atoms with Crippen LogP contribution in [0, 0.1) is 5.82 Å². The van der Waals surface area contributed by atoms with Crippen LogP contribution in [0.1, 0.15) is 37.1 Å². The Bertz CT molecular complexity index is 936. The van der Waals surface area contributed by atoms with Gasteiger partial charge in [0, 0.05) is 47.4 Å². The molecular formula is C18H19BrClFN4O2. The van der Waals surface area contributed by atoms with Gasteiger partial charge in [0.25, 0.3) is 0 Å². The molecular weight excluding hydrogens is 439 g/mol. The Kier molecular flexibility index (Phi) is 5.98. The van der Waals surface area contributed by atoms with Gasteiger partial charge in [-0.2, -0.15) is 0 Å². The number of nitrogens with one attached hydrogen (secondary N) is 2. The van der Waals surface area contributed by atoms with Gasteiger partial charge in [-0.25, -0.2) is 14.2 Å². The van der Waals surface area contributed by atoms with E-state index in [1.165, 1.54) is 31.4 Å². The van der Waals surface area contributed by atoms with Crippen molar-refractivity contribution in [2.24, 2.45) is 0 Å². The molecule has 0 unspecified atom stereocenters. The topological polar surface area (TPSA) is 78.1 Å². The molecule has 2 aliphatic heterocycles. The number of likely N-dealkylation sites (N-methyl/N-ethyl adjacent to an activating group) is 1. The molecule has 2 N–H and O–H groups in total. The summed E-state index contributed by atoms with van der Waals surface area (Å²) in [5.41, 5.74) is 2.23. The number of rotatable bonds is 1. The Morgan fingerprint density at radius 1 is 1.44 bits per heavy atom. The van der Waals surface area contributed by atoms with Crippen LogP contribution >= 0.6 is 27.5 Å². The minimum absolute atomic E-state index is 0.115. The first-order valence-electron chi connectivity index (χ1n) is 8.48. The minimum atomic E-state index is -0.552. The van der Waals surface area contributed by atoms with Crippen LogP contribution in [0.15, 0.2) is 27.6 Å². The number of anilines is 1. The van der Waals surface area contributed by atoms with Crippen LogP contribution in [-0.2, 0) is 11.2 Å². The van der Waals surface area contributed by atoms with E-state index < -0.39 is 5.82 Å². The number of nitrogens with zero attached hydrogens (tertiary/aromatic N) is 2. The zero-order chi connectivity index (χ0) is 19.7. The van der Waals surface area contributed by atoms with Gasteiger partial charge in [-0.15, -0.1) is 0 Å². The van der Waals surface area contributed by atoms with E-state index >= 15 is 0 Å². The number of amides is 1. The molecule has 1 amide bonds. The van der Waals surface area contributed by atoms with Gasteiger partial charge in [-0.1, -0.05) is 11.6 Å². The fraction of sp³-hybridized carbons (Fsp3) is 0.389. The summed E-state index contributed by atoms with van der Waals surface area (Å²) in [4.78, 5) is 30.8. The fourth-order valence-electron chi connectivity index (χ4n) is 3.57. The lowest BCUT2D eigenvalue weighted by Crippen LogP contribution is -2.36. The molecule has 2 aliphatic rings. The molecule has 2 bridgehead atoms. The lowest BCUT2D eigenvalue weighted by molar-refractivity contribution is -0.114. The third-order valence-electron chi connectivity index (χ3n) is 4.89. The highest BCUT2D eigenvalue weighted by Gasteiger charge is 2.37. The predicted molar refractivity (Wildman–Crippen MR) is 106 cm³/mol. The second kappa shape index (κ2) is 8.08. The summed E-state index contributed by atoms with van der Waals surface area (Å²) in [5, 5.41) is 2.61. The van der Waals surface area contributed by atoms with Gasteiger partial charge in [0.05, 0.1) is 10.7 Å². The number of hydrogen-bond donors (Lipinski definition) is 2. The van der Waals surface area contributed by atoms with Crippen molar-refractivity contribution in [2.75, 3.05) is 12.4 Å². The van der Waals surface area contributed by atoms with Gasteiger partial charge >= 0.3 is 5.69 Å². The molecule has 0 saturated carbocycles. The van der Waals surface area contributed by atoms with Crippen molar-refractivity contribution in [3.63, 3.8) is 0 Å². The summed E-state index contributed by atoms with van der Waals surface area (Å²) >= 11 is 8.74. The molecule has 2 aromatic rings. The van der Waals surface area contributed by atoms with Crippen molar-refractivity contribution in [2.45, 2.75) is 38.3 Å². The average molecular weight is 458 g/mol. The molecule has 0 spiro atoms. The number of benzene rings is 1. The molecule has 1 saturated heterocycles. The van der Waals surface area contributed by atoms with E-state index in [0.29, 0.717) is 16.6 Å². The Morgan fingerprint density at radius 3 is 2.89 bits per heavy atom. The van der Waals surface area contributed by atoms with Crippen molar-refractivity contribution in [1.29, 1.82) is 0 Å². The number of carbonyl (C=O) groups excluding carboxylic acids is 1. The summed E-state index contributed by atoms with van der Waals surface area (Å²) in [6, 6.07) is 3.65. The maximum atomic E-state index is 13.1. The van der Waals surface area contributed by atoms with E-state index in [2.05, 4.69) is 43.2 Å². The zero-order valence-electron chi connectivity index (χ0n) is 14.9. The van der Waals surface area contributed by atoms with Gasteiger partial charge < -0.3 is 10.3 Å². The normalized spacial score (nSPS) is 20.5. The molecule has 2 atom stereocenters. The first-order chi connectivity index (χ1) is 12.8. The Hall–Kier alpha value is -1.77. The van der Waals surface area contributed by atoms with Gasteiger partial charge in [0.1, 0.15) is 5.82 Å². The smallest absolute Gasteiger partial charge is 0.324 e. The van der Waals surface area contributed by atoms with E-state index in [1.54, 1.807) is 6.20 Å². The van der Waals surface area contributed by atoms with Gasteiger partial charge in [-0.05, 0) is 48.0 Å². The largest absolute Gasteiger partial charge is 0.345 e. The SMILES string of the molecule is CC(=O)Nc1cc(Br)c(Cl)cc1F.CN1[C@@H]2CC[C@H]1c1cnc(=O)[nH]c1C2. The molecule has 0 radical (unpaired) electrons. The zero-order valence-corrected chi connectivity index (χ0v) is 17.2. The van der Waals surface area contributed by atoms with Gasteiger partial charge in [0.2, 0.25) is 5.91 Å². The average Bonchev–Trinajstić information content (AvgIpc) is 2.84. The fourth-order valence-corrected chi connectivity index (χ4v) is 4.07. The standard InChI is InChI=1S/C10H13N3O.C8H6BrClFNO/c1-13-6-2-3-9(13)7-5-11-10(14)12-8(7)4-6;1-4(13)12-8-2-5(9)6(10)3-7(8)11/h5-6,9H,2-4H2,1H3,(H,11,12,14);2-3H,1H3,(H,12,13)/t6-,9+;/m1./s1. The van der Waals surface area contributed by atoms with Crippen LogP contribution in [0.5, 0.6) is 0 Å². The van der Waals surface area contributed by atoms with Crippen LogP contribution in [0.3, 0.4) is 0 Å². The summed E-state index contributed by atoms with van der Waals surface area (Å²) < 4.78 is 13.6. The molecule has 1 aromatic carbocycles. The van der Waals surface area contributed by atoms with E-state index in [4.69, 9.17) is 11.6 Å². The predicted octanol–water partition coefficient (Wildman–Crippen LogP) is 3.66. The number of halogens is 3. The minimum Gasteiger partial charge on any atom is -0.324 e. The first kappa shape index (κ1) is 20.0. The molecule has 6 nitrogen and oxygen atoms in total. The molecule has 3 heterocycles. The maximum Gasteiger partial charge on any atom is 0.345 e. The molecule has 1 fully saturated rings. The second-order valence-electron chi connectivity index (χ2n) is 6.67. The maximum absolute atomic E-state index is 13.1. The van der Waals surface area contributed by atoms with E-state index in [1.807, 2.05) is 0 Å². The number of H-pyrrole nitrogens is 1. The Morgan fingerprint density at radius 2 is 2.19 bits per heavy atom. The van der Waals surface area contributed by atoms with E-state index in [9.17, 15) is 14.0 Å². The van der Waals surface area contributed by atoms with E-state index in [0.717, 1.165) is 18.2 Å². The van der Waals surface area contributed by atoms with E-state index in [-0.39, 0.29) is 22.3 Å². The van der Waals surface area contributed by atoms with Crippen LogP contribution in [-0.4, -0.2) is 33.9 Å². The summed E-state index contributed by atoms with van der Waals surface area (Å²) in [6.07, 6.45) is 5.15. The van der Waals surface area contributed by atoms with Crippen molar-refractivity contribution in [3.05, 3.63) is 55.4 Å². The molecule has 4 rings (SSSR count). The third-order valence-corrected chi connectivity index (χ3v) is 6.08. The van der Waals surface area contributed by atoms with Crippen LogP contribution < -0.4 is 11.0 Å². The molecule has 0 aliphatic carbocycles. The number of carbonyl (C=O) groups is 1. The Balaban J connectivity index is 0.000000157. The molecule has 9 heteroatoms. The number of fused-ring (bicyclic) bond motifs is 4. The lowest BCUT2D eigenvalue weighted by atomic mass is 10.0. The Labute approximate surface area is 169 Å². The molecule has 144 valence electrons. The van der Waals surface area contributed by atoms with Crippen molar-refractivity contribution >= 4 is 39.1 Å². The lowest BCUT2D eigenvalue weighted by Gasteiger charge is -2.32. The highest BCUT2D eigenvalue weighted by Crippen LogP contribution is 2.40. The number of aromatic nitrogens is 2. The van der Waals surface area contributed by atoms with Crippen LogP contribution in [0.4, 0.5) is 10.1 Å². The van der Waals surface area contributed by atoms with Crippen molar-refractivity contribution in [3.8, 4) is 0 Å². The third kappa shape index (κ3) is 4.39. The van der Waals surface area contributed by atoms with Crippen molar-refractivity contribution in [1.82, 2.24) is 14.9 Å². The molecule has 1 aromatic heterocycles. The molecule has 27 heavy (non-hydrogen) atoms. The summed E-state index contributed by atoms with van der Waals surface area (Å²) in [7, 11) is 2.16. The summed E-state index contributed by atoms with van der Waals surface area (Å²) in [6.45, 7) is 1.31. The highest BCUT2D eigenvalue weighted by molar-refractivity contribution is 9.10. The quantitative estimate of drug-likeness (QED) is 0.641. The van der Waals surface area contributed by atoms with Crippen LogP contribution in [0.25, 0.3) is 0 Å². The second-order valence-corrected chi connectivity index (χ2v) is 7.93. The first-order valence-corrected chi connectivity index (χ1v) is 9.65.